The van der Waals surface area contributed by atoms with Crippen molar-refractivity contribution < 1.29 is 9.47 Å². The molecule has 0 saturated carbocycles. The molecule has 0 radical (unpaired) electrons. The number of unbranched alkanes of at least 4 members (excludes halogenated alkanes) is 6. The highest BCUT2D eigenvalue weighted by atomic mass is 16.5. The van der Waals surface area contributed by atoms with Gasteiger partial charge >= 0.3 is 0 Å². The summed E-state index contributed by atoms with van der Waals surface area (Å²) >= 11 is 0. The molecule has 0 N–H and O–H groups in total. The van der Waals surface area contributed by atoms with Crippen LogP contribution < -0.4 is 9.47 Å². The highest BCUT2D eigenvalue weighted by Gasteiger charge is 2.06. The van der Waals surface area contributed by atoms with E-state index < -0.39 is 0 Å². The van der Waals surface area contributed by atoms with Crippen LogP contribution in [0.5, 0.6) is 11.5 Å². The molecule has 136 valence electrons. The Morgan fingerprint density at radius 1 is 0.917 bits per heavy atom. The Morgan fingerprint density at radius 2 is 1.62 bits per heavy atom. The maximum Gasteiger partial charge on any atom is 0.161 e. The zero-order valence-electron chi connectivity index (χ0n) is 15.9. The standard InChI is InChI=1S/C20H34N2O2/c1-5-7-8-9-10-11-12-15-24-19-14-13-18(17-21-22(3)4)16-20(19)23-6-2/h13-14,16-17H,5-12,15H2,1-4H3/b21-17+. The molecule has 4 nitrogen and oxygen atoms in total. The summed E-state index contributed by atoms with van der Waals surface area (Å²) in [7, 11) is 3.80. The van der Waals surface area contributed by atoms with Crippen LogP contribution in [0.3, 0.4) is 0 Å². The molecule has 1 rings (SSSR count). The monoisotopic (exact) mass is 334 g/mol. The van der Waals surface area contributed by atoms with Gasteiger partial charge in [-0.05, 0) is 37.1 Å². The van der Waals surface area contributed by atoms with Crippen LogP contribution in [0, 0.1) is 0 Å². The Labute approximate surface area is 147 Å². The van der Waals surface area contributed by atoms with Crippen LogP contribution in [0.25, 0.3) is 0 Å². The highest BCUT2D eigenvalue weighted by Crippen LogP contribution is 2.28. The number of hydrogen-bond donors (Lipinski definition) is 0. The van der Waals surface area contributed by atoms with Crippen molar-refractivity contribution in [3.63, 3.8) is 0 Å². The van der Waals surface area contributed by atoms with Crippen LogP contribution in [0.1, 0.15) is 64.4 Å². The van der Waals surface area contributed by atoms with E-state index >= 15 is 0 Å². The Hall–Kier alpha value is -1.71. The van der Waals surface area contributed by atoms with Crippen molar-refractivity contribution in [2.45, 2.75) is 58.8 Å². The molecular weight excluding hydrogens is 300 g/mol. The second-order valence-corrected chi connectivity index (χ2v) is 6.20. The molecule has 0 aliphatic heterocycles. The molecule has 0 saturated heterocycles. The summed E-state index contributed by atoms with van der Waals surface area (Å²) in [5.74, 6) is 1.62. The quantitative estimate of drug-likeness (QED) is 0.285. The van der Waals surface area contributed by atoms with Crippen LogP contribution in [-0.2, 0) is 0 Å². The number of benzene rings is 1. The summed E-state index contributed by atoms with van der Waals surface area (Å²) in [5, 5.41) is 6.02. The van der Waals surface area contributed by atoms with Crippen molar-refractivity contribution in [2.24, 2.45) is 5.10 Å². The van der Waals surface area contributed by atoms with Crippen molar-refractivity contribution >= 4 is 6.21 Å². The van der Waals surface area contributed by atoms with Gasteiger partial charge in [0.05, 0.1) is 19.4 Å². The molecule has 0 amide bonds. The van der Waals surface area contributed by atoms with Gasteiger partial charge < -0.3 is 14.5 Å². The zero-order valence-corrected chi connectivity index (χ0v) is 15.9. The first-order chi connectivity index (χ1) is 11.7. The molecule has 0 bridgehead atoms. The van der Waals surface area contributed by atoms with Gasteiger partial charge in [-0.2, -0.15) is 5.10 Å². The lowest BCUT2D eigenvalue weighted by Crippen LogP contribution is -2.03. The van der Waals surface area contributed by atoms with Gasteiger partial charge in [-0.3, -0.25) is 0 Å². The lowest BCUT2D eigenvalue weighted by molar-refractivity contribution is 0.270. The molecule has 0 unspecified atom stereocenters. The highest BCUT2D eigenvalue weighted by molar-refractivity contribution is 5.80. The Kier molecular flexibility index (Phi) is 10.7. The Morgan fingerprint density at radius 3 is 2.29 bits per heavy atom. The van der Waals surface area contributed by atoms with E-state index in [1.54, 1.807) is 5.01 Å². The van der Waals surface area contributed by atoms with Crippen LogP contribution in [0.15, 0.2) is 23.3 Å². The van der Waals surface area contributed by atoms with Gasteiger partial charge in [0.1, 0.15) is 0 Å². The molecule has 0 aliphatic rings. The number of rotatable bonds is 13. The van der Waals surface area contributed by atoms with Crippen LogP contribution in [0.4, 0.5) is 0 Å². The minimum Gasteiger partial charge on any atom is -0.490 e. The third-order valence-electron chi connectivity index (χ3n) is 3.71. The van der Waals surface area contributed by atoms with Crippen LogP contribution >= 0.6 is 0 Å². The van der Waals surface area contributed by atoms with Gasteiger partial charge in [-0.25, -0.2) is 0 Å². The zero-order chi connectivity index (χ0) is 17.6. The fourth-order valence-corrected chi connectivity index (χ4v) is 2.42. The van der Waals surface area contributed by atoms with Crippen molar-refractivity contribution in [1.29, 1.82) is 0 Å². The number of hydrogen-bond acceptors (Lipinski definition) is 4. The predicted molar refractivity (Wildman–Crippen MR) is 102 cm³/mol. The number of hydrazone groups is 1. The van der Waals surface area contributed by atoms with Gasteiger partial charge in [-0.15, -0.1) is 0 Å². The second-order valence-electron chi connectivity index (χ2n) is 6.20. The van der Waals surface area contributed by atoms with E-state index in [0.29, 0.717) is 6.61 Å². The summed E-state index contributed by atoms with van der Waals surface area (Å²) in [5.41, 5.74) is 1.01. The van der Waals surface area contributed by atoms with Crippen LogP contribution in [-0.4, -0.2) is 38.5 Å². The number of ether oxygens (including phenoxy) is 2. The van der Waals surface area contributed by atoms with E-state index in [-0.39, 0.29) is 0 Å². The van der Waals surface area contributed by atoms with Gasteiger partial charge in [0, 0.05) is 14.1 Å². The molecule has 1 aromatic rings. The smallest absolute Gasteiger partial charge is 0.161 e. The molecule has 0 spiro atoms. The SMILES string of the molecule is CCCCCCCCCOc1ccc(/C=N/N(C)C)cc1OCC. The largest absolute Gasteiger partial charge is 0.490 e. The Balaban J connectivity index is 2.43. The van der Waals surface area contributed by atoms with Gasteiger partial charge in [0.15, 0.2) is 11.5 Å². The summed E-state index contributed by atoms with van der Waals surface area (Å²) in [4.78, 5) is 0. The predicted octanol–water partition coefficient (Wildman–Crippen LogP) is 5.11. The van der Waals surface area contributed by atoms with Crippen molar-refractivity contribution in [1.82, 2.24) is 5.01 Å². The lowest BCUT2D eigenvalue weighted by Gasteiger charge is -2.13. The van der Waals surface area contributed by atoms with Gasteiger partial charge in [0.2, 0.25) is 0 Å². The molecule has 0 atom stereocenters. The maximum atomic E-state index is 5.92. The molecule has 0 fully saturated rings. The fourth-order valence-electron chi connectivity index (χ4n) is 2.42. The summed E-state index contributed by atoms with van der Waals surface area (Å²) in [6, 6.07) is 5.97. The van der Waals surface area contributed by atoms with Gasteiger partial charge in [-0.1, -0.05) is 45.4 Å². The van der Waals surface area contributed by atoms with Crippen molar-refractivity contribution in [2.75, 3.05) is 27.3 Å². The first-order valence-electron chi connectivity index (χ1n) is 9.28. The molecule has 0 aliphatic carbocycles. The van der Waals surface area contributed by atoms with Crippen LogP contribution in [0.2, 0.25) is 0 Å². The lowest BCUT2D eigenvalue weighted by atomic mass is 10.1. The fraction of sp³-hybridized carbons (Fsp3) is 0.650. The molecule has 4 heteroatoms. The minimum atomic E-state index is 0.627. The van der Waals surface area contributed by atoms with Crippen molar-refractivity contribution in [3.05, 3.63) is 23.8 Å². The van der Waals surface area contributed by atoms with E-state index in [4.69, 9.17) is 9.47 Å². The van der Waals surface area contributed by atoms with Gasteiger partial charge in [0.25, 0.3) is 0 Å². The number of nitrogens with zero attached hydrogens (tertiary/aromatic N) is 2. The third kappa shape index (κ3) is 8.80. The molecule has 1 aromatic carbocycles. The van der Waals surface area contributed by atoms with E-state index in [1.807, 2.05) is 45.4 Å². The summed E-state index contributed by atoms with van der Waals surface area (Å²) in [6.07, 6.45) is 10.8. The summed E-state index contributed by atoms with van der Waals surface area (Å²) in [6.45, 7) is 5.61. The van der Waals surface area contributed by atoms with E-state index in [1.165, 1.54) is 38.5 Å². The molecule has 0 heterocycles. The van der Waals surface area contributed by atoms with E-state index in [9.17, 15) is 0 Å². The Bertz CT molecular complexity index is 473. The average Bonchev–Trinajstić information content (AvgIpc) is 2.57. The third-order valence-corrected chi connectivity index (χ3v) is 3.71. The minimum absolute atomic E-state index is 0.627. The van der Waals surface area contributed by atoms with Crippen molar-refractivity contribution in [3.8, 4) is 11.5 Å². The normalized spacial score (nSPS) is 11.0. The maximum absolute atomic E-state index is 5.92. The van der Waals surface area contributed by atoms with E-state index in [2.05, 4.69) is 12.0 Å². The first-order valence-corrected chi connectivity index (χ1v) is 9.28. The second kappa shape index (κ2) is 12.7. The molecule has 24 heavy (non-hydrogen) atoms. The molecular formula is C20H34N2O2. The van der Waals surface area contributed by atoms with E-state index in [0.717, 1.165) is 30.1 Å². The average molecular weight is 335 g/mol. The summed E-state index contributed by atoms with van der Waals surface area (Å²) < 4.78 is 11.6. The first kappa shape index (κ1) is 20.3. The topological polar surface area (TPSA) is 34.1 Å². The molecule has 0 aromatic heterocycles.